The molecular formula is C27H29BClN5O. The van der Waals surface area contributed by atoms with Crippen molar-refractivity contribution < 1.29 is 4.79 Å². The van der Waals surface area contributed by atoms with Gasteiger partial charge < -0.3 is 10.6 Å². The number of amides is 1. The molecule has 0 bridgehead atoms. The van der Waals surface area contributed by atoms with Crippen LogP contribution in [0.5, 0.6) is 0 Å². The maximum atomic E-state index is 12.8. The molecule has 1 aromatic carbocycles. The number of nitrogens with one attached hydrogen (secondary N) is 2. The lowest BCUT2D eigenvalue weighted by Gasteiger charge is -2.13. The Morgan fingerprint density at radius 2 is 2.03 bits per heavy atom. The lowest BCUT2D eigenvalue weighted by Crippen LogP contribution is -2.36. The number of rotatable bonds is 7. The number of carbonyl (C=O) groups excluding carboxylic acids is 1. The van der Waals surface area contributed by atoms with Gasteiger partial charge in [-0.3, -0.25) is 14.5 Å². The Hall–Kier alpha value is -3.32. The number of nitrogens with zero attached hydrogens (tertiary/aromatic N) is 3. The summed E-state index contributed by atoms with van der Waals surface area (Å²) in [5, 5.41) is 13.8. The summed E-state index contributed by atoms with van der Waals surface area (Å²) in [6.07, 6.45) is 13.5. The summed E-state index contributed by atoms with van der Waals surface area (Å²) < 4.78 is 1.71. The fourth-order valence-electron chi connectivity index (χ4n) is 4.13. The Balaban J connectivity index is 1.44. The van der Waals surface area contributed by atoms with Crippen LogP contribution in [-0.2, 0) is 11.8 Å². The van der Waals surface area contributed by atoms with Gasteiger partial charge >= 0.3 is 0 Å². The van der Waals surface area contributed by atoms with Gasteiger partial charge in [0.15, 0.2) is 0 Å². The van der Waals surface area contributed by atoms with Gasteiger partial charge in [0.2, 0.25) is 5.91 Å². The molecule has 0 spiro atoms. The van der Waals surface area contributed by atoms with Crippen molar-refractivity contribution in [2.75, 3.05) is 18.4 Å². The largest absolute Gasteiger partial charge is 0.370 e. The molecule has 0 atom stereocenters. The smallest absolute Gasteiger partial charge is 0.247 e. The molecule has 1 heterocycles. The number of halogens is 1. The average molecular weight is 486 g/mol. The van der Waals surface area contributed by atoms with Crippen molar-refractivity contribution in [3.8, 4) is 0 Å². The van der Waals surface area contributed by atoms with E-state index in [9.17, 15) is 4.79 Å². The van der Waals surface area contributed by atoms with Gasteiger partial charge in [-0.05, 0) is 42.5 Å². The minimum atomic E-state index is 0.00978. The Labute approximate surface area is 212 Å². The van der Waals surface area contributed by atoms with E-state index >= 15 is 0 Å². The molecule has 1 amide bonds. The fourth-order valence-corrected chi connectivity index (χ4v) is 4.40. The lowest BCUT2D eigenvalue weighted by atomic mass is 9.99. The van der Waals surface area contributed by atoms with Crippen LogP contribution in [-0.4, -0.2) is 41.6 Å². The van der Waals surface area contributed by atoms with Gasteiger partial charge in [0.05, 0.1) is 5.69 Å². The van der Waals surface area contributed by atoms with Gasteiger partial charge in [-0.25, -0.2) is 0 Å². The molecule has 0 fully saturated rings. The molecular weight excluding hydrogens is 457 g/mol. The molecule has 0 unspecified atom stereocenters. The molecule has 0 saturated carbocycles. The van der Waals surface area contributed by atoms with E-state index in [2.05, 4.69) is 38.9 Å². The summed E-state index contributed by atoms with van der Waals surface area (Å²) in [6.45, 7) is 1.21. The van der Waals surface area contributed by atoms with Crippen molar-refractivity contribution >= 4 is 53.9 Å². The number of hydrogen-bond acceptors (Lipinski definition) is 4. The van der Waals surface area contributed by atoms with E-state index < -0.39 is 0 Å². The zero-order chi connectivity index (χ0) is 24.6. The van der Waals surface area contributed by atoms with Gasteiger partial charge in [0.25, 0.3) is 0 Å². The van der Waals surface area contributed by atoms with E-state index in [-0.39, 0.29) is 5.91 Å². The van der Waals surface area contributed by atoms with E-state index in [1.807, 2.05) is 37.4 Å². The number of aromatic nitrogens is 3. The first-order valence-corrected chi connectivity index (χ1v) is 12.3. The van der Waals surface area contributed by atoms with Crippen LogP contribution in [0.4, 0.5) is 5.82 Å². The number of benzene rings is 1. The number of allylic oxidation sites excluding steroid dienone is 4. The first-order valence-electron chi connectivity index (χ1n) is 11.9. The van der Waals surface area contributed by atoms with Crippen LogP contribution in [0.25, 0.3) is 17.2 Å². The van der Waals surface area contributed by atoms with Crippen molar-refractivity contribution in [3.05, 3.63) is 76.0 Å². The minimum absolute atomic E-state index is 0.00978. The van der Waals surface area contributed by atoms with Crippen LogP contribution in [0.1, 0.15) is 37.8 Å². The number of hydrogen-bond donors (Lipinski definition) is 2. The van der Waals surface area contributed by atoms with Crippen LogP contribution in [0.2, 0.25) is 0 Å². The summed E-state index contributed by atoms with van der Waals surface area (Å²) >= 11 is 6.50. The molecule has 0 saturated heterocycles. The van der Waals surface area contributed by atoms with Gasteiger partial charge in [0.1, 0.15) is 13.7 Å². The van der Waals surface area contributed by atoms with Crippen molar-refractivity contribution in [1.29, 1.82) is 0 Å². The maximum absolute atomic E-state index is 12.8. The maximum Gasteiger partial charge on any atom is 0.247 e. The van der Waals surface area contributed by atoms with Gasteiger partial charge in [0, 0.05) is 54.8 Å². The summed E-state index contributed by atoms with van der Waals surface area (Å²) in [5.74, 6) is 0.770. The molecule has 4 rings (SSSR count). The first-order chi connectivity index (χ1) is 17.0. The van der Waals surface area contributed by atoms with E-state index in [0.717, 1.165) is 64.5 Å². The van der Waals surface area contributed by atoms with E-state index in [1.165, 1.54) is 0 Å². The predicted octanol–water partition coefficient (Wildman–Crippen LogP) is 2.38. The highest BCUT2D eigenvalue weighted by Gasteiger charge is 2.13. The summed E-state index contributed by atoms with van der Waals surface area (Å²) in [4.78, 5) is 17.4. The number of aryl methyl sites for hydroxylation is 1. The highest BCUT2D eigenvalue weighted by molar-refractivity contribution is 6.33. The SMILES string of the molecule is [B]c1cnc(C2=C(Cl)CCC=C2)cc(NCCCNC(=O)C2=c3ccccc3=CCC2)n(C)nc1. The topological polar surface area (TPSA) is 71.8 Å². The first kappa shape index (κ1) is 24.8. The third-order valence-corrected chi connectivity index (χ3v) is 6.39. The molecule has 2 aromatic rings. The average Bonchev–Trinajstić information content (AvgIpc) is 2.94. The second-order valence-electron chi connectivity index (χ2n) is 8.55. The minimum Gasteiger partial charge on any atom is -0.370 e. The van der Waals surface area contributed by atoms with E-state index in [4.69, 9.17) is 19.4 Å². The molecule has 8 heteroatoms. The Kier molecular flexibility index (Phi) is 8.43. The standard InChI is InChI=1S/C27H29BClN5O/c1-34-26(16-25(32-17-20(28)18-33-34)23-11-4-5-13-24(23)29)30-14-7-15-31-27(35)22-12-6-9-19-8-2-3-10-21(19)22/h2-4,8-11,16-18,30H,5-7,12-15H2,1H3,(H,31,35). The Morgan fingerprint density at radius 3 is 2.89 bits per heavy atom. The van der Waals surface area contributed by atoms with Gasteiger partial charge in [-0.1, -0.05) is 59.6 Å². The van der Waals surface area contributed by atoms with Crippen molar-refractivity contribution in [2.24, 2.45) is 7.05 Å². The normalized spacial score (nSPS) is 14.6. The second-order valence-corrected chi connectivity index (χ2v) is 9.00. The fraction of sp³-hybridized carbons (Fsp3) is 0.296. The second kappa shape index (κ2) is 11.9. The summed E-state index contributed by atoms with van der Waals surface area (Å²) in [5.41, 5.74) is 2.90. The molecule has 178 valence electrons. The highest BCUT2D eigenvalue weighted by Crippen LogP contribution is 2.29. The van der Waals surface area contributed by atoms with Crippen molar-refractivity contribution in [3.63, 3.8) is 0 Å². The third-order valence-electron chi connectivity index (χ3n) is 6.00. The monoisotopic (exact) mass is 485 g/mol. The van der Waals surface area contributed by atoms with Crippen LogP contribution in [0.3, 0.4) is 0 Å². The van der Waals surface area contributed by atoms with E-state index in [0.29, 0.717) is 24.2 Å². The Bertz CT molecular complexity index is 1340. The van der Waals surface area contributed by atoms with Crippen LogP contribution in [0.15, 0.2) is 59.9 Å². The predicted molar refractivity (Wildman–Crippen MR) is 144 cm³/mol. The number of fused-ring (bicyclic) bond motifs is 1. The third kappa shape index (κ3) is 6.43. The molecule has 2 aliphatic rings. The molecule has 1 aromatic heterocycles. The number of carbonyl (C=O) groups is 1. The quantitative estimate of drug-likeness (QED) is 0.467. The highest BCUT2D eigenvalue weighted by atomic mass is 35.5. The zero-order valence-corrected chi connectivity index (χ0v) is 20.7. The van der Waals surface area contributed by atoms with Gasteiger partial charge in [-0.2, -0.15) is 5.10 Å². The Morgan fingerprint density at radius 1 is 1.17 bits per heavy atom. The van der Waals surface area contributed by atoms with Gasteiger partial charge in [-0.15, -0.1) is 0 Å². The summed E-state index contributed by atoms with van der Waals surface area (Å²) in [7, 11) is 7.83. The molecule has 2 radical (unpaired) electrons. The van der Waals surface area contributed by atoms with Crippen LogP contribution < -0.4 is 26.5 Å². The molecule has 6 nitrogen and oxygen atoms in total. The number of anilines is 1. The van der Waals surface area contributed by atoms with Crippen LogP contribution >= 0.6 is 11.6 Å². The zero-order valence-electron chi connectivity index (χ0n) is 19.9. The lowest BCUT2D eigenvalue weighted by molar-refractivity contribution is -0.115. The summed E-state index contributed by atoms with van der Waals surface area (Å²) in [6, 6.07) is 9.98. The molecule has 2 N–H and O–H groups in total. The van der Waals surface area contributed by atoms with Crippen molar-refractivity contribution in [2.45, 2.75) is 32.1 Å². The molecule has 35 heavy (non-hydrogen) atoms. The molecule has 2 aliphatic carbocycles. The van der Waals surface area contributed by atoms with Crippen LogP contribution in [0, 0.1) is 0 Å². The van der Waals surface area contributed by atoms with E-state index in [1.54, 1.807) is 17.1 Å². The molecule has 0 aliphatic heterocycles. The van der Waals surface area contributed by atoms with Crippen molar-refractivity contribution in [1.82, 2.24) is 20.1 Å².